The van der Waals surface area contributed by atoms with Gasteiger partial charge in [-0.2, -0.15) is 0 Å². The van der Waals surface area contributed by atoms with Crippen LogP contribution in [0.3, 0.4) is 0 Å². The van der Waals surface area contributed by atoms with Crippen LogP contribution in [-0.2, 0) is 4.79 Å². The van der Waals surface area contributed by atoms with E-state index in [4.69, 9.17) is 14.3 Å². The maximum absolute atomic E-state index is 11.8. The van der Waals surface area contributed by atoms with Gasteiger partial charge in [0.2, 0.25) is 0 Å². The van der Waals surface area contributed by atoms with E-state index in [0.717, 1.165) is 38.9 Å². The molecule has 1 saturated heterocycles. The van der Waals surface area contributed by atoms with Crippen LogP contribution in [0.2, 0.25) is 0 Å². The standard InChI is InChI=1S/C15H24N2O3.CH2O2/c1-2-14(18)10-17-6-3-12(4-7-17)9-16-15(19)13-5-8-20-11-13;2-1-3/h5,8,11-12,14,18H,2-4,6-7,9-10H2,1H3,(H,16,19);1H,(H,2,3). The molecule has 1 fully saturated rings. The Morgan fingerprint density at radius 2 is 2.17 bits per heavy atom. The normalized spacial score (nSPS) is 17.0. The molecule has 3 N–H and O–H groups in total. The van der Waals surface area contributed by atoms with Crippen molar-refractivity contribution in [3.63, 3.8) is 0 Å². The summed E-state index contributed by atoms with van der Waals surface area (Å²) in [5.41, 5.74) is 0.577. The summed E-state index contributed by atoms with van der Waals surface area (Å²) in [6, 6.07) is 1.67. The molecule has 0 bridgehead atoms. The molecule has 1 aromatic rings. The van der Waals surface area contributed by atoms with Gasteiger partial charge in [0.05, 0.1) is 17.9 Å². The minimum absolute atomic E-state index is 0.0671. The molecular weight excluding hydrogens is 300 g/mol. The van der Waals surface area contributed by atoms with Gasteiger partial charge in [-0.3, -0.25) is 9.59 Å². The second-order valence-electron chi connectivity index (χ2n) is 5.63. The maximum Gasteiger partial charge on any atom is 0.290 e. The second-order valence-corrected chi connectivity index (χ2v) is 5.63. The zero-order chi connectivity index (χ0) is 17.1. The summed E-state index contributed by atoms with van der Waals surface area (Å²) in [4.78, 5) is 22.5. The summed E-state index contributed by atoms with van der Waals surface area (Å²) in [5, 5.41) is 19.5. The van der Waals surface area contributed by atoms with Crippen LogP contribution >= 0.6 is 0 Å². The number of carbonyl (C=O) groups is 2. The summed E-state index contributed by atoms with van der Waals surface area (Å²) in [6.45, 7) is 5.24. The fourth-order valence-corrected chi connectivity index (χ4v) is 2.53. The lowest BCUT2D eigenvalue weighted by atomic mass is 9.96. The molecule has 0 aliphatic carbocycles. The Bertz CT molecular complexity index is 441. The average Bonchev–Trinajstić information content (AvgIpc) is 3.09. The Kier molecular flexibility index (Phi) is 9.01. The van der Waals surface area contributed by atoms with Crippen molar-refractivity contribution >= 4 is 12.4 Å². The van der Waals surface area contributed by atoms with E-state index in [-0.39, 0.29) is 18.5 Å². The molecule has 0 spiro atoms. The number of nitrogens with one attached hydrogen (secondary N) is 1. The fourth-order valence-electron chi connectivity index (χ4n) is 2.53. The molecule has 0 radical (unpaired) electrons. The molecule has 1 unspecified atom stereocenters. The van der Waals surface area contributed by atoms with Crippen molar-refractivity contribution in [1.29, 1.82) is 0 Å². The minimum Gasteiger partial charge on any atom is -0.483 e. The molecule has 23 heavy (non-hydrogen) atoms. The number of likely N-dealkylation sites (tertiary alicyclic amines) is 1. The van der Waals surface area contributed by atoms with E-state index in [1.807, 2.05) is 6.92 Å². The highest BCUT2D eigenvalue weighted by Crippen LogP contribution is 2.17. The number of aliphatic hydroxyl groups is 1. The molecule has 2 rings (SSSR count). The zero-order valence-electron chi connectivity index (χ0n) is 13.5. The molecular formula is C16H26N2O5. The maximum atomic E-state index is 11.8. The number of amides is 1. The third-order valence-electron chi connectivity index (χ3n) is 3.98. The number of β-amino-alcohol motifs (C(OH)–C–C–N with tert-alkyl or cyclic N) is 1. The quantitative estimate of drug-likeness (QED) is 0.679. The molecule has 2 heterocycles. The van der Waals surface area contributed by atoms with Crippen molar-refractivity contribution in [1.82, 2.24) is 10.2 Å². The Morgan fingerprint density at radius 3 is 2.70 bits per heavy atom. The Balaban J connectivity index is 0.000000816. The van der Waals surface area contributed by atoms with E-state index in [9.17, 15) is 9.90 Å². The number of rotatable bonds is 6. The minimum atomic E-state index is -0.250. The largest absolute Gasteiger partial charge is 0.483 e. The van der Waals surface area contributed by atoms with Gasteiger partial charge in [0, 0.05) is 13.1 Å². The third-order valence-corrected chi connectivity index (χ3v) is 3.98. The lowest BCUT2D eigenvalue weighted by Gasteiger charge is -2.33. The molecule has 130 valence electrons. The summed E-state index contributed by atoms with van der Waals surface area (Å²) in [7, 11) is 0. The zero-order valence-corrected chi connectivity index (χ0v) is 13.5. The summed E-state index contributed by atoms with van der Waals surface area (Å²) in [5.74, 6) is 0.462. The monoisotopic (exact) mass is 326 g/mol. The number of nitrogens with zero attached hydrogens (tertiary/aromatic N) is 1. The van der Waals surface area contributed by atoms with Gasteiger partial charge in [0.25, 0.3) is 12.4 Å². The van der Waals surface area contributed by atoms with Gasteiger partial charge >= 0.3 is 0 Å². The van der Waals surface area contributed by atoms with Crippen molar-refractivity contribution < 1.29 is 24.2 Å². The lowest BCUT2D eigenvalue weighted by Crippen LogP contribution is -2.41. The third kappa shape index (κ3) is 7.30. The van der Waals surface area contributed by atoms with Crippen LogP contribution in [0, 0.1) is 5.92 Å². The van der Waals surface area contributed by atoms with E-state index < -0.39 is 0 Å². The van der Waals surface area contributed by atoms with Crippen LogP contribution in [0.15, 0.2) is 23.0 Å². The summed E-state index contributed by atoms with van der Waals surface area (Å²) >= 11 is 0. The molecule has 1 aromatic heterocycles. The van der Waals surface area contributed by atoms with Crippen molar-refractivity contribution in [2.75, 3.05) is 26.2 Å². The number of hydrogen-bond donors (Lipinski definition) is 3. The predicted octanol–water partition coefficient (Wildman–Crippen LogP) is 1.19. The molecule has 1 aliphatic rings. The van der Waals surface area contributed by atoms with Gasteiger partial charge in [-0.25, -0.2) is 0 Å². The molecule has 7 heteroatoms. The first-order valence-corrected chi connectivity index (χ1v) is 7.89. The van der Waals surface area contributed by atoms with Crippen molar-refractivity contribution in [3.05, 3.63) is 24.2 Å². The van der Waals surface area contributed by atoms with Crippen LogP contribution in [-0.4, -0.2) is 59.8 Å². The van der Waals surface area contributed by atoms with Crippen LogP contribution in [0.1, 0.15) is 36.5 Å². The highest BCUT2D eigenvalue weighted by Gasteiger charge is 2.21. The van der Waals surface area contributed by atoms with Crippen LogP contribution in [0.5, 0.6) is 0 Å². The Labute approximate surface area is 136 Å². The molecule has 0 aromatic carbocycles. The first kappa shape index (κ1) is 19.2. The SMILES string of the molecule is CCC(O)CN1CCC(CNC(=O)c2ccoc2)CC1.O=CO. The molecule has 1 aliphatic heterocycles. The number of furan rings is 1. The Hall–Kier alpha value is -1.86. The van der Waals surface area contributed by atoms with E-state index in [0.29, 0.717) is 18.0 Å². The van der Waals surface area contributed by atoms with Gasteiger partial charge in [-0.1, -0.05) is 6.92 Å². The molecule has 1 atom stereocenters. The number of carboxylic acid groups (broad SMARTS) is 1. The molecule has 7 nitrogen and oxygen atoms in total. The van der Waals surface area contributed by atoms with Gasteiger partial charge < -0.3 is 24.8 Å². The first-order valence-electron chi connectivity index (χ1n) is 7.89. The van der Waals surface area contributed by atoms with Crippen LogP contribution < -0.4 is 5.32 Å². The van der Waals surface area contributed by atoms with Crippen LogP contribution in [0.25, 0.3) is 0 Å². The molecule has 1 amide bonds. The number of piperidine rings is 1. The topological polar surface area (TPSA) is 103 Å². The van der Waals surface area contributed by atoms with Gasteiger partial charge in [0.1, 0.15) is 6.26 Å². The number of hydrogen-bond acceptors (Lipinski definition) is 5. The van der Waals surface area contributed by atoms with Gasteiger partial charge in [0.15, 0.2) is 0 Å². The van der Waals surface area contributed by atoms with Crippen LogP contribution in [0.4, 0.5) is 0 Å². The lowest BCUT2D eigenvalue weighted by molar-refractivity contribution is -0.122. The van der Waals surface area contributed by atoms with E-state index in [1.54, 1.807) is 6.07 Å². The van der Waals surface area contributed by atoms with Gasteiger partial charge in [-0.05, 0) is 44.3 Å². The summed E-state index contributed by atoms with van der Waals surface area (Å²) < 4.78 is 4.90. The average molecular weight is 326 g/mol. The Morgan fingerprint density at radius 1 is 1.52 bits per heavy atom. The summed E-state index contributed by atoms with van der Waals surface area (Å²) in [6.07, 6.45) is 5.70. The smallest absolute Gasteiger partial charge is 0.290 e. The van der Waals surface area contributed by atoms with E-state index >= 15 is 0 Å². The van der Waals surface area contributed by atoms with E-state index in [2.05, 4.69) is 10.2 Å². The van der Waals surface area contributed by atoms with Crippen molar-refractivity contribution in [2.24, 2.45) is 5.92 Å². The van der Waals surface area contributed by atoms with E-state index in [1.165, 1.54) is 12.5 Å². The highest BCUT2D eigenvalue weighted by molar-refractivity contribution is 5.93. The highest BCUT2D eigenvalue weighted by atomic mass is 16.3. The fraction of sp³-hybridized carbons (Fsp3) is 0.625. The molecule has 0 saturated carbocycles. The van der Waals surface area contributed by atoms with Crippen molar-refractivity contribution in [3.8, 4) is 0 Å². The predicted molar refractivity (Wildman–Crippen MR) is 85.2 cm³/mol. The first-order chi connectivity index (χ1) is 11.1. The second kappa shape index (κ2) is 10.8. The van der Waals surface area contributed by atoms with Gasteiger partial charge in [-0.15, -0.1) is 0 Å². The number of carbonyl (C=O) groups excluding carboxylic acids is 1. The number of aliphatic hydroxyl groups excluding tert-OH is 1. The van der Waals surface area contributed by atoms with Crippen molar-refractivity contribution in [2.45, 2.75) is 32.3 Å².